The van der Waals surface area contributed by atoms with Crippen molar-refractivity contribution in [2.45, 2.75) is 12.8 Å². The molecule has 1 aliphatic rings. The molecule has 92 valence electrons. The number of halogens is 1. The molecule has 0 aliphatic carbocycles. The third-order valence-electron chi connectivity index (χ3n) is 2.86. The van der Waals surface area contributed by atoms with Crippen molar-refractivity contribution in [1.29, 1.82) is 0 Å². The molecular formula is C13H16ClNO2. The summed E-state index contributed by atoms with van der Waals surface area (Å²) in [7, 11) is 0. The van der Waals surface area contributed by atoms with E-state index in [-0.39, 0.29) is 5.91 Å². The molecule has 2 rings (SSSR count). The quantitative estimate of drug-likeness (QED) is 0.872. The zero-order valence-electron chi connectivity index (χ0n) is 9.62. The van der Waals surface area contributed by atoms with E-state index in [0.717, 1.165) is 30.2 Å². The number of carbonyl (C=O) groups excluding carboxylic acids is 1. The molecule has 1 aromatic carbocycles. The number of carbonyl (C=O) groups is 1. The van der Waals surface area contributed by atoms with Crippen LogP contribution >= 0.6 is 11.6 Å². The van der Waals surface area contributed by atoms with E-state index in [1.807, 2.05) is 24.3 Å². The third-order valence-corrected chi connectivity index (χ3v) is 3.22. The van der Waals surface area contributed by atoms with Gasteiger partial charge in [-0.2, -0.15) is 0 Å². The minimum atomic E-state index is 0.102. The molecule has 4 heteroatoms. The van der Waals surface area contributed by atoms with Crippen molar-refractivity contribution in [3.63, 3.8) is 0 Å². The highest BCUT2D eigenvalue weighted by atomic mass is 35.5. The average molecular weight is 254 g/mol. The zero-order chi connectivity index (χ0) is 12.1. The van der Waals surface area contributed by atoms with Gasteiger partial charge in [0.1, 0.15) is 0 Å². The van der Waals surface area contributed by atoms with Gasteiger partial charge >= 0.3 is 0 Å². The lowest BCUT2D eigenvalue weighted by Gasteiger charge is -2.25. The van der Waals surface area contributed by atoms with E-state index in [1.54, 1.807) is 0 Å². The fourth-order valence-electron chi connectivity index (χ4n) is 1.77. The predicted octanol–water partition coefficient (Wildman–Crippen LogP) is 2.04. The van der Waals surface area contributed by atoms with Crippen LogP contribution in [0.5, 0.6) is 0 Å². The van der Waals surface area contributed by atoms with Crippen molar-refractivity contribution in [2.24, 2.45) is 5.92 Å². The molecule has 0 bridgehead atoms. The highest BCUT2D eigenvalue weighted by Gasteiger charge is 2.21. The van der Waals surface area contributed by atoms with Crippen LogP contribution in [0.4, 0.5) is 0 Å². The SMILES string of the molecule is O=C(CC1COC1)NCCc1ccccc1Cl. The standard InChI is InChI=1S/C13H16ClNO2/c14-12-4-2-1-3-11(12)5-6-15-13(16)7-10-8-17-9-10/h1-4,10H,5-9H2,(H,15,16). The first kappa shape index (κ1) is 12.4. The molecule has 1 fully saturated rings. The van der Waals surface area contributed by atoms with Gasteiger partial charge in [0.15, 0.2) is 0 Å². The molecule has 0 saturated carbocycles. The van der Waals surface area contributed by atoms with E-state index in [9.17, 15) is 4.79 Å². The minimum Gasteiger partial charge on any atom is -0.381 e. The maximum atomic E-state index is 11.5. The first-order chi connectivity index (χ1) is 8.25. The predicted molar refractivity (Wildman–Crippen MR) is 67.1 cm³/mol. The fraction of sp³-hybridized carbons (Fsp3) is 0.462. The second kappa shape index (κ2) is 6.03. The number of nitrogens with one attached hydrogen (secondary N) is 1. The lowest BCUT2D eigenvalue weighted by atomic mass is 10.0. The van der Waals surface area contributed by atoms with Crippen LogP contribution < -0.4 is 5.32 Å². The van der Waals surface area contributed by atoms with Crippen molar-refractivity contribution in [2.75, 3.05) is 19.8 Å². The van der Waals surface area contributed by atoms with Crippen LogP contribution in [0.1, 0.15) is 12.0 Å². The molecule has 1 amide bonds. The Balaban J connectivity index is 1.68. The topological polar surface area (TPSA) is 38.3 Å². The molecule has 0 unspecified atom stereocenters. The number of amides is 1. The number of benzene rings is 1. The number of ether oxygens (including phenoxy) is 1. The average Bonchev–Trinajstić information content (AvgIpc) is 2.26. The van der Waals surface area contributed by atoms with Gasteiger partial charge in [-0.25, -0.2) is 0 Å². The van der Waals surface area contributed by atoms with Crippen LogP contribution in [0, 0.1) is 5.92 Å². The summed E-state index contributed by atoms with van der Waals surface area (Å²) in [4.78, 5) is 11.5. The van der Waals surface area contributed by atoms with Crippen molar-refractivity contribution >= 4 is 17.5 Å². The molecule has 1 N–H and O–H groups in total. The second-order valence-corrected chi connectivity index (χ2v) is 4.71. The van der Waals surface area contributed by atoms with Gasteiger partial charge in [0.2, 0.25) is 5.91 Å². The molecule has 0 aromatic heterocycles. The van der Waals surface area contributed by atoms with Crippen LogP contribution in [0.15, 0.2) is 24.3 Å². The Bertz CT molecular complexity index is 391. The van der Waals surface area contributed by atoms with E-state index in [2.05, 4.69) is 5.32 Å². The van der Waals surface area contributed by atoms with Crippen LogP contribution in [0.2, 0.25) is 5.02 Å². The molecule has 0 radical (unpaired) electrons. The molecule has 1 aliphatic heterocycles. The first-order valence-corrected chi connectivity index (χ1v) is 6.21. The highest BCUT2D eigenvalue weighted by Crippen LogP contribution is 2.15. The van der Waals surface area contributed by atoms with Gasteiger partial charge in [-0.05, 0) is 18.1 Å². The van der Waals surface area contributed by atoms with E-state index < -0.39 is 0 Å². The Morgan fingerprint density at radius 3 is 2.82 bits per heavy atom. The van der Waals surface area contributed by atoms with Crippen molar-refractivity contribution < 1.29 is 9.53 Å². The summed E-state index contributed by atoms with van der Waals surface area (Å²) < 4.78 is 5.03. The van der Waals surface area contributed by atoms with Crippen molar-refractivity contribution in [3.8, 4) is 0 Å². The first-order valence-electron chi connectivity index (χ1n) is 5.83. The summed E-state index contributed by atoms with van der Waals surface area (Å²) in [5, 5.41) is 3.66. The van der Waals surface area contributed by atoms with E-state index in [0.29, 0.717) is 18.9 Å². The molecule has 17 heavy (non-hydrogen) atoms. The lowest BCUT2D eigenvalue weighted by molar-refractivity contribution is -0.126. The Morgan fingerprint density at radius 1 is 1.41 bits per heavy atom. The maximum absolute atomic E-state index is 11.5. The van der Waals surface area contributed by atoms with Crippen LogP contribution in [-0.4, -0.2) is 25.7 Å². The Labute approximate surface area is 106 Å². The maximum Gasteiger partial charge on any atom is 0.220 e. The van der Waals surface area contributed by atoms with Crippen LogP contribution in [0.25, 0.3) is 0 Å². The number of hydrogen-bond donors (Lipinski definition) is 1. The molecule has 3 nitrogen and oxygen atoms in total. The fourth-order valence-corrected chi connectivity index (χ4v) is 2.00. The summed E-state index contributed by atoms with van der Waals surface area (Å²) >= 11 is 6.03. The zero-order valence-corrected chi connectivity index (χ0v) is 10.4. The summed E-state index contributed by atoms with van der Waals surface area (Å²) in [5.74, 6) is 0.515. The van der Waals surface area contributed by atoms with Gasteiger partial charge in [0, 0.05) is 23.9 Å². The van der Waals surface area contributed by atoms with Gasteiger partial charge in [-0.1, -0.05) is 29.8 Å². The summed E-state index contributed by atoms with van der Waals surface area (Å²) in [6, 6.07) is 7.70. The Kier molecular flexibility index (Phi) is 4.40. The van der Waals surface area contributed by atoms with Crippen LogP contribution in [0.3, 0.4) is 0 Å². The Morgan fingerprint density at radius 2 is 2.18 bits per heavy atom. The third kappa shape index (κ3) is 3.72. The number of rotatable bonds is 5. The molecule has 1 aromatic rings. The second-order valence-electron chi connectivity index (χ2n) is 4.30. The van der Waals surface area contributed by atoms with Gasteiger partial charge in [0.05, 0.1) is 13.2 Å². The highest BCUT2D eigenvalue weighted by molar-refractivity contribution is 6.31. The summed E-state index contributed by atoms with van der Waals surface area (Å²) in [5.41, 5.74) is 1.07. The van der Waals surface area contributed by atoms with E-state index >= 15 is 0 Å². The van der Waals surface area contributed by atoms with Crippen LogP contribution in [-0.2, 0) is 16.0 Å². The molecule has 0 atom stereocenters. The molecular weight excluding hydrogens is 238 g/mol. The smallest absolute Gasteiger partial charge is 0.220 e. The van der Waals surface area contributed by atoms with E-state index in [4.69, 9.17) is 16.3 Å². The molecule has 1 heterocycles. The summed E-state index contributed by atoms with van der Waals surface area (Å²) in [6.45, 7) is 2.08. The molecule has 1 saturated heterocycles. The number of hydrogen-bond acceptors (Lipinski definition) is 2. The van der Waals surface area contributed by atoms with Gasteiger partial charge in [-0.3, -0.25) is 4.79 Å². The van der Waals surface area contributed by atoms with Crippen molar-refractivity contribution in [1.82, 2.24) is 5.32 Å². The van der Waals surface area contributed by atoms with Gasteiger partial charge in [0.25, 0.3) is 0 Å². The Hall–Kier alpha value is -1.06. The van der Waals surface area contributed by atoms with Gasteiger partial charge < -0.3 is 10.1 Å². The summed E-state index contributed by atoms with van der Waals surface area (Å²) in [6.07, 6.45) is 1.34. The van der Waals surface area contributed by atoms with E-state index in [1.165, 1.54) is 0 Å². The minimum absolute atomic E-state index is 0.102. The normalized spacial score (nSPS) is 15.4. The largest absolute Gasteiger partial charge is 0.381 e. The van der Waals surface area contributed by atoms with Crippen molar-refractivity contribution in [3.05, 3.63) is 34.9 Å². The monoisotopic (exact) mass is 253 g/mol. The molecule has 0 spiro atoms. The van der Waals surface area contributed by atoms with Gasteiger partial charge in [-0.15, -0.1) is 0 Å². The lowest BCUT2D eigenvalue weighted by Crippen LogP contribution is -2.35.